The second kappa shape index (κ2) is 9.94. The van der Waals surface area contributed by atoms with Crippen molar-refractivity contribution in [3.63, 3.8) is 0 Å². The number of piperidine rings is 1. The number of alkyl halides is 3. The molecule has 0 bridgehead atoms. The third kappa shape index (κ3) is 6.39. The molecule has 11 heteroatoms. The van der Waals surface area contributed by atoms with E-state index in [0.29, 0.717) is 30.0 Å². The highest BCUT2D eigenvalue weighted by molar-refractivity contribution is 5.83. The van der Waals surface area contributed by atoms with Gasteiger partial charge in [0.15, 0.2) is 0 Å². The van der Waals surface area contributed by atoms with Crippen LogP contribution in [0, 0.1) is 16.0 Å². The maximum Gasteiger partial charge on any atom is 0.401 e. The quantitative estimate of drug-likeness (QED) is 0.473. The largest absolute Gasteiger partial charge is 0.457 e. The van der Waals surface area contributed by atoms with Gasteiger partial charge in [-0.2, -0.15) is 13.2 Å². The van der Waals surface area contributed by atoms with Crippen molar-refractivity contribution in [3.8, 4) is 11.5 Å². The van der Waals surface area contributed by atoms with E-state index in [0.717, 1.165) is 0 Å². The number of aromatic nitrogens is 1. The van der Waals surface area contributed by atoms with Crippen LogP contribution in [0.25, 0.3) is 0 Å². The molecule has 0 atom stereocenters. The minimum absolute atomic E-state index is 0.0416. The number of nitrogens with one attached hydrogen (secondary N) is 1. The summed E-state index contributed by atoms with van der Waals surface area (Å²) >= 11 is 0. The molecule has 32 heavy (non-hydrogen) atoms. The van der Waals surface area contributed by atoms with Gasteiger partial charge in [-0.15, -0.1) is 0 Å². The van der Waals surface area contributed by atoms with E-state index in [1.54, 1.807) is 25.2 Å². The van der Waals surface area contributed by atoms with E-state index in [-0.39, 0.29) is 42.6 Å². The Morgan fingerprint density at radius 1 is 1.25 bits per heavy atom. The molecule has 1 aromatic carbocycles. The number of hydrogen-bond acceptors (Lipinski definition) is 7. The molecule has 0 amide bonds. The van der Waals surface area contributed by atoms with Crippen molar-refractivity contribution in [3.05, 3.63) is 52.3 Å². The molecule has 2 aromatic rings. The normalized spacial score (nSPS) is 15.4. The number of anilines is 1. The van der Waals surface area contributed by atoms with Gasteiger partial charge in [0.05, 0.1) is 23.2 Å². The molecule has 2 heterocycles. The molecule has 1 N–H and O–H groups in total. The van der Waals surface area contributed by atoms with Crippen molar-refractivity contribution in [2.24, 2.45) is 5.92 Å². The number of halogens is 3. The predicted molar refractivity (Wildman–Crippen MR) is 111 cm³/mol. The number of hydrogen-bond donors (Lipinski definition) is 1. The lowest BCUT2D eigenvalue weighted by atomic mass is 9.90. The molecule has 3 rings (SSSR count). The molecule has 1 aromatic heterocycles. The van der Waals surface area contributed by atoms with Gasteiger partial charge in [0.1, 0.15) is 23.0 Å². The van der Waals surface area contributed by atoms with Crippen LogP contribution in [0.1, 0.15) is 18.5 Å². The van der Waals surface area contributed by atoms with E-state index in [1.165, 1.54) is 23.2 Å². The standard InChI is InChI=1S/C21H23F3N4O4/c1-25-18-3-2-16(12-19(18)28(30)31)32-17-4-7-26-15(10-17)11-20(29)14-5-8-27(9-6-14)13-21(22,23)24/h2-4,7,10,12,14,25H,5-6,8-9,11,13H2,1H3. The van der Waals surface area contributed by atoms with Crippen LogP contribution in [-0.4, -0.2) is 53.4 Å². The number of nitrogens with zero attached hydrogens (tertiary/aromatic N) is 3. The van der Waals surface area contributed by atoms with Crippen molar-refractivity contribution >= 4 is 17.2 Å². The van der Waals surface area contributed by atoms with Crippen LogP contribution >= 0.6 is 0 Å². The van der Waals surface area contributed by atoms with Crippen molar-refractivity contribution in [2.45, 2.75) is 25.4 Å². The van der Waals surface area contributed by atoms with Crippen molar-refractivity contribution < 1.29 is 27.6 Å². The number of carbonyl (C=O) groups is 1. The van der Waals surface area contributed by atoms with Crippen LogP contribution in [0.4, 0.5) is 24.5 Å². The van der Waals surface area contributed by atoms with Crippen molar-refractivity contribution in [1.29, 1.82) is 0 Å². The van der Waals surface area contributed by atoms with Gasteiger partial charge in [-0.05, 0) is 44.1 Å². The summed E-state index contributed by atoms with van der Waals surface area (Å²) in [4.78, 5) is 28.8. The van der Waals surface area contributed by atoms with Crippen LogP contribution in [0.2, 0.25) is 0 Å². The Kier molecular flexibility index (Phi) is 7.29. The number of nitro benzene ring substituents is 1. The van der Waals surface area contributed by atoms with Gasteiger partial charge < -0.3 is 10.1 Å². The second-order valence-corrected chi connectivity index (χ2v) is 7.58. The number of ketones is 1. The van der Waals surface area contributed by atoms with Crippen LogP contribution in [0.5, 0.6) is 11.5 Å². The summed E-state index contributed by atoms with van der Waals surface area (Å²) < 4.78 is 43.2. The summed E-state index contributed by atoms with van der Waals surface area (Å²) in [5.74, 6) is 0.253. The zero-order valence-corrected chi connectivity index (χ0v) is 17.4. The number of pyridine rings is 1. The Morgan fingerprint density at radius 2 is 1.94 bits per heavy atom. The maximum atomic E-state index is 12.6. The Bertz CT molecular complexity index is 976. The van der Waals surface area contributed by atoms with Crippen molar-refractivity contribution in [2.75, 3.05) is 32.0 Å². The van der Waals surface area contributed by atoms with Crippen LogP contribution in [0.3, 0.4) is 0 Å². The summed E-state index contributed by atoms with van der Waals surface area (Å²) in [6.45, 7) is -0.496. The van der Waals surface area contributed by atoms with E-state index in [9.17, 15) is 28.1 Å². The summed E-state index contributed by atoms with van der Waals surface area (Å²) in [6, 6.07) is 7.56. The lowest BCUT2D eigenvalue weighted by molar-refractivity contribution is -0.384. The highest BCUT2D eigenvalue weighted by Crippen LogP contribution is 2.31. The zero-order chi connectivity index (χ0) is 23.3. The van der Waals surface area contributed by atoms with Crippen LogP contribution in [0.15, 0.2) is 36.5 Å². The smallest absolute Gasteiger partial charge is 0.401 e. The molecule has 1 aliphatic heterocycles. The number of Topliss-reactive ketones (excluding diaryl/α,β-unsaturated/α-hetero) is 1. The van der Waals surface area contributed by atoms with Gasteiger partial charge in [-0.3, -0.25) is 24.8 Å². The van der Waals surface area contributed by atoms with Crippen LogP contribution < -0.4 is 10.1 Å². The number of rotatable bonds is 8. The molecule has 0 aliphatic carbocycles. The van der Waals surface area contributed by atoms with E-state index in [1.807, 2.05) is 0 Å². The Balaban J connectivity index is 1.60. The molecular formula is C21H23F3N4O4. The molecule has 1 aliphatic rings. The first-order valence-corrected chi connectivity index (χ1v) is 10.1. The molecule has 8 nitrogen and oxygen atoms in total. The second-order valence-electron chi connectivity index (χ2n) is 7.58. The Hall–Kier alpha value is -3.21. The fourth-order valence-corrected chi connectivity index (χ4v) is 3.68. The molecule has 0 radical (unpaired) electrons. The molecule has 0 saturated carbocycles. The number of likely N-dealkylation sites (tertiary alicyclic amines) is 1. The minimum atomic E-state index is -4.24. The van der Waals surface area contributed by atoms with E-state index < -0.39 is 17.6 Å². The third-order valence-electron chi connectivity index (χ3n) is 5.26. The van der Waals surface area contributed by atoms with Crippen LogP contribution in [-0.2, 0) is 11.2 Å². The number of nitro groups is 1. The monoisotopic (exact) mass is 452 g/mol. The highest BCUT2D eigenvalue weighted by Gasteiger charge is 2.33. The van der Waals surface area contributed by atoms with E-state index in [4.69, 9.17) is 4.74 Å². The third-order valence-corrected chi connectivity index (χ3v) is 5.26. The Morgan fingerprint density at radius 3 is 2.56 bits per heavy atom. The minimum Gasteiger partial charge on any atom is -0.457 e. The molecule has 1 saturated heterocycles. The molecule has 0 spiro atoms. The summed E-state index contributed by atoms with van der Waals surface area (Å²) in [5, 5.41) is 13.9. The summed E-state index contributed by atoms with van der Waals surface area (Å²) in [7, 11) is 1.58. The SMILES string of the molecule is CNc1ccc(Oc2ccnc(CC(=O)C3CCN(CC(F)(F)F)CC3)c2)cc1[N+](=O)[O-]. The maximum absolute atomic E-state index is 12.6. The van der Waals surface area contributed by atoms with Gasteiger partial charge in [-0.1, -0.05) is 0 Å². The predicted octanol–water partition coefficient (Wildman–Crippen LogP) is 4.21. The average Bonchev–Trinajstić information content (AvgIpc) is 2.73. The number of benzene rings is 1. The number of carbonyl (C=O) groups excluding carboxylic acids is 1. The van der Waals surface area contributed by atoms with E-state index in [2.05, 4.69) is 10.3 Å². The first kappa shape index (κ1) is 23.5. The van der Waals surface area contributed by atoms with Gasteiger partial charge in [0.25, 0.3) is 5.69 Å². The van der Waals surface area contributed by atoms with Gasteiger partial charge in [-0.25, -0.2) is 0 Å². The molecular weight excluding hydrogens is 429 g/mol. The highest BCUT2D eigenvalue weighted by atomic mass is 19.4. The molecule has 172 valence electrons. The fourth-order valence-electron chi connectivity index (χ4n) is 3.68. The fraction of sp³-hybridized carbons (Fsp3) is 0.429. The first-order valence-electron chi connectivity index (χ1n) is 10.1. The average molecular weight is 452 g/mol. The topological polar surface area (TPSA) is 97.6 Å². The molecule has 1 fully saturated rings. The van der Waals surface area contributed by atoms with Gasteiger partial charge >= 0.3 is 6.18 Å². The van der Waals surface area contributed by atoms with Crippen molar-refractivity contribution in [1.82, 2.24) is 9.88 Å². The zero-order valence-electron chi connectivity index (χ0n) is 17.4. The number of ether oxygens (including phenoxy) is 1. The summed E-state index contributed by atoms with van der Waals surface area (Å²) in [6.07, 6.45) is -1.96. The summed E-state index contributed by atoms with van der Waals surface area (Å²) in [5.41, 5.74) is 0.683. The van der Waals surface area contributed by atoms with E-state index >= 15 is 0 Å². The Labute approximate surface area is 182 Å². The lowest BCUT2D eigenvalue weighted by Crippen LogP contribution is -2.41. The van der Waals surface area contributed by atoms with Gasteiger partial charge in [0.2, 0.25) is 0 Å². The molecule has 0 unspecified atom stereocenters. The van der Waals surface area contributed by atoms with Gasteiger partial charge in [0, 0.05) is 31.6 Å². The first-order chi connectivity index (χ1) is 15.1. The lowest BCUT2D eigenvalue weighted by Gasteiger charge is -2.31.